The maximum atomic E-state index is 4.26. The van der Waals surface area contributed by atoms with Gasteiger partial charge < -0.3 is 15.2 Å². The summed E-state index contributed by atoms with van der Waals surface area (Å²) >= 11 is 0. The Labute approximate surface area is 126 Å². The molecular weight excluding hydrogens is 260 g/mol. The standard InChI is InChI=1S/C17H24N4/c1-18-17(20-13-14-7-8-14)19-10-4-11-21-12-9-15-5-2-3-6-16(15)21/h2-3,5-6,9,12,14H,4,7-8,10-11,13H2,1H3,(H2,18,19,20). The van der Waals surface area contributed by atoms with Crippen LogP contribution in [0.15, 0.2) is 41.5 Å². The summed E-state index contributed by atoms with van der Waals surface area (Å²) in [4.78, 5) is 4.26. The van der Waals surface area contributed by atoms with Gasteiger partial charge in [0, 0.05) is 38.4 Å². The van der Waals surface area contributed by atoms with Gasteiger partial charge in [-0.25, -0.2) is 0 Å². The van der Waals surface area contributed by atoms with Crippen LogP contribution in [0.1, 0.15) is 19.3 Å². The summed E-state index contributed by atoms with van der Waals surface area (Å²) in [6.07, 6.45) is 5.99. The van der Waals surface area contributed by atoms with Crippen molar-refractivity contribution in [3.05, 3.63) is 36.5 Å². The topological polar surface area (TPSA) is 41.4 Å². The van der Waals surface area contributed by atoms with Crippen molar-refractivity contribution in [2.45, 2.75) is 25.8 Å². The fourth-order valence-corrected chi connectivity index (χ4v) is 2.58. The van der Waals surface area contributed by atoms with Crippen molar-refractivity contribution in [2.75, 3.05) is 20.1 Å². The quantitative estimate of drug-likeness (QED) is 0.486. The molecule has 1 fully saturated rings. The molecule has 1 aromatic heterocycles. The van der Waals surface area contributed by atoms with Gasteiger partial charge in [-0.2, -0.15) is 0 Å². The average molecular weight is 284 g/mol. The van der Waals surface area contributed by atoms with Crippen LogP contribution in [0.25, 0.3) is 10.9 Å². The minimum Gasteiger partial charge on any atom is -0.356 e. The van der Waals surface area contributed by atoms with E-state index in [0.29, 0.717) is 0 Å². The first-order valence-electron chi connectivity index (χ1n) is 7.85. The number of benzene rings is 1. The molecule has 0 bridgehead atoms. The summed E-state index contributed by atoms with van der Waals surface area (Å²) in [7, 11) is 1.84. The lowest BCUT2D eigenvalue weighted by Gasteiger charge is -2.12. The number of fused-ring (bicyclic) bond motifs is 1. The molecule has 3 rings (SSSR count). The van der Waals surface area contributed by atoms with Gasteiger partial charge in [0.2, 0.25) is 0 Å². The molecule has 21 heavy (non-hydrogen) atoms. The number of rotatable bonds is 6. The summed E-state index contributed by atoms with van der Waals surface area (Å²) in [6.45, 7) is 3.03. The van der Waals surface area contributed by atoms with E-state index >= 15 is 0 Å². The summed E-state index contributed by atoms with van der Waals surface area (Å²) in [5.41, 5.74) is 1.31. The first-order chi connectivity index (χ1) is 10.4. The largest absolute Gasteiger partial charge is 0.356 e. The SMILES string of the molecule is CN=C(NCCCn1ccc2ccccc21)NCC1CC1. The molecule has 1 aliphatic rings. The molecule has 0 amide bonds. The zero-order valence-electron chi connectivity index (χ0n) is 12.7. The maximum Gasteiger partial charge on any atom is 0.190 e. The Bertz CT molecular complexity index is 610. The van der Waals surface area contributed by atoms with Crippen LogP contribution in [0, 0.1) is 5.92 Å². The minimum atomic E-state index is 0.870. The lowest BCUT2D eigenvalue weighted by Crippen LogP contribution is -2.38. The average Bonchev–Trinajstić information content (AvgIpc) is 3.26. The van der Waals surface area contributed by atoms with Crippen molar-refractivity contribution < 1.29 is 0 Å². The molecule has 1 aliphatic carbocycles. The second-order valence-corrected chi connectivity index (χ2v) is 5.74. The molecule has 112 valence electrons. The van der Waals surface area contributed by atoms with Crippen LogP contribution in [0.2, 0.25) is 0 Å². The summed E-state index contributed by atoms with van der Waals surface area (Å²) in [5, 5.41) is 8.09. The molecular formula is C17H24N4. The molecule has 1 heterocycles. The van der Waals surface area contributed by atoms with E-state index in [1.807, 2.05) is 7.05 Å². The molecule has 2 N–H and O–H groups in total. The highest BCUT2D eigenvalue weighted by Gasteiger charge is 2.20. The zero-order valence-corrected chi connectivity index (χ0v) is 12.7. The van der Waals surface area contributed by atoms with Gasteiger partial charge in [-0.05, 0) is 42.7 Å². The third-order valence-electron chi connectivity index (χ3n) is 4.03. The first-order valence-corrected chi connectivity index (χ1v) is 7.85. The van der Waals surface area contributed by atoms with E-state index in [1.165, 1.54) is 23.7 Å². The van der Waals surface area contributed by atoms with E-state index in [-0.39, 0.29) is 0 Å². The van der Waals surface area contributed by atoms with E-state index in [4.69, 9.17) is 0 Å². The van der Waals surface area contributed by atoms with E-state index in [0.717, 1.165) is 37.9 Å². The van der Waals surface area contributed by atoms with Gasteiger partial charge in [0.05, 0.1) is 0 Å². The second-order valence-electron chi connectivity index (χ2n) is 5.74. The fraction of sp³-hybridized carbons (Fsp3) is 0.471. The van der Waals surface area contributed by atoms with Crippen LogP contribution in [0.5, 0.6) is 0 Å². The number of para-hydroxylation sites is 1. The molecule has 0 unspecified atom stereocenters. The number of nitrogens with zero attached hydrogens (tertiary/aromatic N) is 2. The minimum absolute atomic E-state index is 0.870. The van der Waals surface area contributed by atoms with Gasteiger partial charge >= 0.3 is 0 Å². The fourth-order valence-electron chi connectivity index (χ4n) is 2.58. The van der Waals surface area contributed by atoms with Crippen LogP contribution >= 0.6 is 0 Å². The smallest absolute Gasteiger partial charge is 0.190 e. The number of nitrogens with one attached hydrogen (secondary N) is 2. The van der Waals surface area contributed by atoms with Crippen LogP contribution in [0.3, 0.4) is 0 Å². The highest BCUT2D eigenvalue weighted by molar-refractivity contribution is 5.80. The van der Waals surface area contributed by atoms with Gasteiger partial charge in [-0.15, -0.1) is 0 Å². The van der Waals surface area contributed by atoms with E-state index in [1.54, 1.807) is 0 Å². The molecule has 0 spiro atoms. The Morgan fingerprint density at radius 1 is 1.24 bits per heavy atom. The number of aliphatic imine (C=N–C) groups is 1. The molecule has 2 aromatic rings. The molecule has 0 atom stereocenters. The van der Waals surface area contributed by atoms with E-state index < -0.39 is 0 Å². The third-order valence-corrected chi connectivity index (χ3v) is 4.03. The summed E-state index contributed by atoms with van der Waals surface area (Å²) in [5.74, 6) is 1.80. The van der Waals surface area contributed by atoms with Crippen LogP contribution in [-0.4, -0.2) is 30.7 Å². The first kappa shape index (κ1) is 14.0. The number of guanidine groups is 1. The van der Waals surface area contributed by atoms with Crippen molar-refractivity contribution in [1.82, 2.24) is 15.2 Å². The Hall–Kier alpha value is -1.97. The van der Waals surface area contributed by atoms with Gasteiger partial charge in [0.25, 0.3) is 0 Å². The van der Waals surface area contributed by atoms with Crippen molar-refractivity contribution >= 4 is 16.9 Å². The number of hydrogen-bond acceptors (Lipinski definition) is 1. The predicted octanol–water partition coefficient (Wildman–Crippen LogP) is 2.61. The van der Waals surface area contributed by atoms with Crippen LogP contribution in [0.4, 0.5) is 0 Å². The number of aryl methyl sites for hydroxylation is 1. The van der Waals surface area contributed by atoms with Crippen molar-refractivity contribution in [3.8, 4) is 0 Å². The molecule has 0 saturated heterocycles. The molecule has 0 aliphatic heterocycles. The van der Waals surface area contributed by atoms with Gasteiger partial charge in [-0.3, -0.25) is 4.99 Å². The number of aromatic nitrogens is 1. The lowest BCUT2D eigenvalue weighted by molar-refractivity contribution is 0.637. The van der Waals surface area contributed by atoms with E-state index in [2.05, 4.69) is 56.7 Å². The van der Waals surface area contributed by atoms with Crippen molar-refractivity contribution in [3.63, 3.8) is 0 Å². The van der Waals surface area contributed by atoms with Gasteiger partial charge in [0.1, 0.15) is 0 Å². The highest BCUT2D eigenvalue weighted by atomic mass is 15.2. The molecule has 0 radical (unpaired) electrons. The Balaban J connectivity index is 1.42. The van der Waals surface area contributed by atoms with Crippen molar-refractivity contribution in [1.29, 1.82) is 0 Å². The summed E-state index contributed by atoms with van der Waals surface area (Å²) < 4.78 is 2.32. The predicted molar refractivity (Wildman–Crippen MR) is 88.6 cm³/mol. The Kier molecular flexibility index (Phi) is 4.43. The maximum absolute atomic E-state index is 4.26. The Morgan fingerprint density at radius 3 is 2.90 bits per heavy atom. The normalized spacial score (nSPS) is 15.4. The zero-order chi connectivity index (χ0) is 14.5. The summed E-state index contributed by atoms with van der Waals surface area (Å²) in [6, 6.07) is 10.7. The van der Waals surface area contributed by atoms with Gasteiger partial charge in [-0.1, -0.05) is 18.2 Å². The van der Waals surface area contributed by atoms with Crippen LogP contribution in [-0.2, 0) is 6.54 Å². The number of hydrogen-bond donors (Lipinski definition) is 2. The van der Waals surface area contributed by atoms with Gasteiger partial charge in [0.15, 0.2) is 5.96 Å². The molecule has 1 saturated carbocycles. The molecule has 4 nitrogen and oxygen atoms in total. The van der Waals surface area contributed by atoms with Crippen LogP contribution < -0.4 is 10.6 Å². The van der Waals surface area contributed by atoms with Crippen molar-refractivity contribution in [2.24, 2.45) is 10.9 Å². The molecule has 4 heteroatoms. The third kappa shape index (κ3) is 3.78. The Morgan fingerprint density at radius 2 is 2.10 bits per heavy atom. The monoisotopic (exact) mass is 284 g/mol. The lowest BCUT2D eigenvalue weighted by atomic mass is 10.2. The second kappa shape index (κ2) is 6.66. The van der Waals surface area contributed by atoms with E-state index in [9.17, 15) is 0 Å². The molecule has 1 aromatic carbocycles. The highest BCUT2D eigenvalue weighted by Crippen LogP contribution is 2.27.